The zero-order valence-electron chi connectivity index (χ0n) is 5.98. The first-order chi connectivity index (χ1) is 5.20. The highest BCUT2D eigenvalue weighted by molar-refractivity contribution is 7.93. The van der Waals surface area contributed by atoms with Gasteiger partial charge in [-0.3, -0.25) is 10.1 Å². The van der Waals surface area contributed by atoms with Gasteiger partial charge in [-0.1, -0.05) is 18.2 Å². The molecule has 4 heteroatoms. The van der Waals surface area contributed by atoms with Crippen LogP contribution >= 0.6 is 11.9 Å². The quantitative estimate of drug-likeness (QED) is 0.387. The zero-order chi connectivity index (χ0) is 8.27. The van der Waals surface area contributed by atoms with E-state index in [4.69, 9.17) is 0 Å². The second-order valence-electron chi connectivity index (χ2n) is 2.08. The number of hydrogen-bond acceptors (Lipinski definition) is 3. The Labute approximate surface area is 68.7 Å². The van der Waals surface area contributed by atoms with Crippen molar-refractivity contribution in [2.45, 2.75) is 11.8 Å². The highest BCUT2D eigenvalue weighted by atomic mass is 32.2. The summed E-state index contributed by atoms with van der Waals surface area (Å²) in [6.45, 7) is 1.85. The summed E-state index contributed by atoms with van der Waals surface area (Å²) in [7, 11) is 0. The lowest BCUT2D eigenvalue weighted by molar-refractivity contribution is -0.284. The van der Waals surface area contributed by atoms with E-state index < -0.39 is 4.33 Å². The Balaban J connectivity index is 2.86. The van der Waals surface area contributed by atoms with Crippen LogP contribution in [0.3, 0.4) is 0 Å². The molecular formula is C7H7NO2S. The van der Waals surface area contributed by atoms with Gasteiger partial charge >= 0.3 is 0 Å². The van der Waals surface area contributed by atoms with Crippen molar-refractivity contribution in [3.63, 3.8) is 0 Å². The van der Waals surface area contributed by atoms with Gasteiger partial charge in [-0.15, -0.1) is 0 Å². The van der Waals surface area contributed by atoms with E-state index in [0.29, 0.717) is 16.8 Å². The molecule has 58 valence electrons. The molecular weight excluding hydrogens is 162 g/mol. The first kappa shape index (κ1) is 8.07. The number of benzene rings is 1. The van der Waals surface area contributed by atoms with Gasteiger partial charge in [0, 0.05) is 0 Å². The zero-order valence-corrected chi connectivity index (χ0v) is 6.80. The number of nitro groups is 1. The molecule has 1 aromatic carbocycles. The van der Waals surface area contributed by atoms with Crippen LogP contribution in [-0.2, 0) is 0 Å². The SMILES string of the molecule is Cc1ccccc1S[N+](=O)[O-]. The first-order valence-corrected chi connectivity index (χ1v) is 3.85. The molecule has 0 atom stereocenters. The van der Waals surface area contributed by atoms with Crippen LogP contribution in [0.5, 0.6) is 0 Å². The molecule has 0 N–H and O–H groups in total. The number of aryl methyl sites for hydroxylation is 1. The van der Waals surface area contributed by atoms with Crippen molar-refractivity contribution in [3.8, 4) is 0 Å². The Morgan fingerprint density at radius 2 is 2.09 bits per heavy atom. The Bertz CT molecular complexity index is 275. The minimum absolute atomic E-state index is 0.400. The van der Waals surface area contributed by atoms with Gasteiger partial charge in [0.1, 0.15) is 4.33 Å². The average Bonchev–Trinajstić information content (AvgIpc) is 1.93. The summed E-state index contributed by atoms with van der Waals surface area (Å²) in [5.41, 5.74) is 0.939. The third-order valence-electron chi connectivity index (χ3n) is 1.27. The number of hydrogen-bond donors (Lipinski definition) is 0. The van der Waals surface area contributed by atoms with Gasteiger partial charge in [0.2, 0.25) is 0 Å². The van der Waals surface area contributed by atoms with Crippen molar-refractivity contribution in [2.75, 3.05) is 0 Å². The number of rotatable bonds is 2. The van der Waals surface area contributed by atoms with Crippen molar-refractivity contribution >= 4 is 11.9 Å². The van der Waals surface area contributed by atoms with Gasteiger partial charge in [0.05, 0.1) is 4.90 Å². The summed E-state index contributed by atoms with van der Waals surface area (Å²) in [6, 6.07) is 7.24. The molecule has 0 unspecified atom stereocenters. The second-order valence-corrected chi connectivity index (χ2v) is 3.00. The van der Waals surface area contributed by atoms with Gasteiger partial charge in [-0.2, -0.15) is 0 Å². The Hall–Kier alpha value is -1.03. The largest absolute Gasteiger partial charge is 0.265 e. The van der Waals surface area contributed by atoms with E-state index in [1.165, 1.54) is 0 Å². The molecule has 1 rings (SSSR count). The summed E-state index contributed by atoms with van der Waals surface area (Å²) in [6.07, 6.45) is 0. The monoisotopic (exact) mass is 169 g/mol. The molecule has 0 fully saturated rings. The summed E-state index contributed by atoms with van der Waals surface area (Å²) in [4.78, 5) is 10.8. The second kappa shape index (κ2) is 3.39. The molecule has 0 saturated heterocycles. The van der Waals surface area contributed by atoms with E-state index >= 15 is 0 Å². The fraction of sp³-hybridized carbons (Fsp3) is 0.143. The molecule has 11 heavy (non-hydrogen) atoms. The van der Waals surface area contributed by atoms with Crippen molar-refractivity contribution < 1.29 is 4.33 Å². The molecule has 0 heterocycles. The third kappa shape index (κ3) is 2.23. The fourth-order valence-corrected chi connectivity index (χ4v) is 1.25. The number of nitrogens with zero attached hydrogens (tertiary/aromatic N) is 1. The first-order valence-electron chi connectivity index (χ1n) is 3.08. The van der Waals surface area contributed by atoms with E-state index in [1.807, 2.05) is 19.1 Å². The molecule has 0 radical (unpaired) electrons. The molecule has 0 aliphatic heterocycles. The van der Waals surface area contributed by atoms with E-state index in [0.717, 1.165) is 5.56 Å². The molecule has 0 saturated carbocycles. The summed E-state index contributed by atoms with van der Waals surface area (Å²) >= 11 is 0.647. The third-order valence-corrected chi connectivity index (χ3v) is 2.07. The van der Waals surface area contributed by atoms with Gasteiger partial charge in [0.25, 0.3) is 11.9 Å². The minimum atomic E-state index is -0.400. The van der Waals surface area contributed by atoms with Crippen LogP contribution in [0.4, 0.5) is 0 Å². The maximum Gasteiger partial charge on any atom is 0.265 e. The Morgan fingerprint density at radius 3 is 2.64 bits per heavy atom. The molecule has 0 spiro atoms. The van der Waals surface area contributed by atoms with Crippen LogP contribution in [-0.4, -0.2) is 4.33 Å². The maximum absolute atomic E-state index is 10.1. The van der Waals surface area contributed by atoms with Gasteiger partial charge < -0.3 is 0 Å². The lowest BCUT2D eigenvalue weighted by Crippen LogP contribution is -1.85. The highest BCUT2D eigenvalue weighted by Gasteiger charge is 2.06. The van der Waals surface area contributed by atoms with E-state index in [2.05, 4.69) is 0 Å². The predicted octanol–water partition coefficient (Wildman–Crippen LogP) is 2.28. The van der Waals surface area contributed by atoms with Gasteiger partial charge in [-0.05, 0) is 18.6 Å². The Morgan fingerprint density at radius 1 is 1.45 bits per heavy atom. The normalized spacial score (nSPS) is 9.55. The van der Waals surface area contributed by atoms with E-state index in [1.54, 1.807) is 12.1 Å². The van der Waals surface area contributed by atoms with Gasteiger partial charge in [-0.25, -0.2) is 0 Å². The van der Waals surface area contributed by atoms with Gasteiger partial charge in [0.15, 0.2) is 0 Å². The average molecular weight is 169 g/mol. The molecule has 0 bridgehead atoms. The maximum atomic E-state index is 10.1. The highest BCUT2D eigenvalue weighted by Crippen LogP contribution is 2.21. The summed E-state index contributed by atoms with van der Waals surface area (Å²) < 4.78 is -0.400. The topological polar surface area (TPSA) is 43.1 Å². The lowest BCUT2D eigenvalue weighted by atomic mass is 10.2. The summed E-state index contributed by atoms with van der Waals surface area (Å²) in [5, 5.41) is 10.1. The molecule has 0 aliphatic rings. The Kier molecular flexibility index (Phi) is 2.48. The smallest absolute Gasteiger partial charge is 0.250 e. The molecule has 0 aromatic heterocycles. The van der Waals surface area contributed by atoms with Crippen molar-refractivity contribution in [3.05, 3.63) is 39.9 Å². The van der Waals surface area contributed by atoms with Crippen molar-refractivity contribution in [1.29, 1.82) is 0 Å². The van der Waals surface area contributed by atoms with Crippen LogP contribution < -0.4 is 0 Å². The van der Waals surface area contributed by atoms with Crippen LogP contribution in [0.1, 0.15) is 5.56 Å². The van der Waals surface area contributed by atoms with E-state index in [9.17, 15) is 10.1 Å². The van der Waals surface area contributed by atoms with Crippen LogP contribution in [0.25, 0.3) is 0 Å². The molecule has 3 nitrogen and oxygen atoms in total. The fourth-order valence-electron chi connectivity index (χ4n) is 0.739. The predicted molar refractivity (Wildman–Crippen MR) is 44.0 cm³/mol. The van der Waals surface area contributed by atoms with Crippen LogP contribution in [0.15, 0.2) is 29.2 Å². The summed E-state index contributed by atoms with van der Waals surface area (Å²) in [5.74, 6) is 0. The van der Waals surface area contributed by atoms with Crippen molar-refractivity contribution in [1.82, 2.24) is 0 Å². The van der Waals surface area contributed by atoms with Crippen molar-refractivity contribution in [2.24, 2.45) is 0 Å². The van der Waals surface area contributed by atoms with Crippen LogP contribution in [0, 0.1) is 17.0 Å². The van der Waals surface area contributed by atoms with Crippen LogP contribution in [0.2, 0.25) is 0 Å². The lowest BCUT2D eigenvalue weighted by Gasteiger charge is -1.94. The standard InChI is InChI=1S/C7H7NO2S/c1-6-4-2-3-5-7(6)11-8(9)10/h2-5H,1H3. The van der Waals surface area contributed by atoms with E-state index in [-0.39, 0.29) is 0 Å². The molecule has 0 amide bonds. The minimum Gasteiger partial charge on any atom is -0.250 e. The molecule has 0 aliphatic carbocycles. The molecule has 1 aromatic rings.